The number of aliphatic hydroxyl groups is 1. The molecule has 1 heterocycles. The molecule has 1 aromatic carbocycles. The predicted octanol–water partition coefficient (Wildman–Crippen LogP) is 0.752. The molecule has 0 unspecified atom stereocenters. The third kappa shape index (κ3) is 3.09. The Morgan fingerprint density at radius 3 is 2.71 bits per heavy atom. The highest BCUT2D eigenvalue weighted by Gasteiger charge is 2.35. The van der Waals surface area contributed by atoms with Crippen LogP contribution in [0.1, 0.15) is 11.1 Å². The normalized spacial score (nSPS) is 26.2. The van der Waals surface area contributed by atoms with Crippen molar-refractivity contribution in [3.63, 3.8) is 0 Å². The first-order chi connectivity index (χ1) is 7.96. The van der Waals surface area contributed by atoms with Crippen LogP contribution in [0.4, 0.5) is 0 Å². The van der Waals surface area contributed by atoms with E-state index in [-0.39, 0.29) is 11.5 Å². The highest BCUT2D eigenvalue weighted by Crippen LogP contribution is 2.18. The van der Waals surface area contributed by atoms with Crippen molar-refractivity contribution < 1.29 is 13.5 Å². The van der Waals surface area contributed by atoms with Crippen LogP contribution in [0.25, 0.3) is 0 Å². The summed E-state index contributed by atoms with van der Waals surface area (Å²) >= 11 is 0. The van der Waals surface area contributed by atoms with Gasteiger partial charge in [0.1, 0.15) is 0 Å². The van der Waals surface area contributed by atoms with Crippen molar-refractivity contribution in [2.24, 2.45) is 5.92 Å². The molecule has 4 heteroatoms. The molecule has 1 saturated heterocycles. The van der Waals surface area contributed by atoms with Crippen LogP contribution >= 0.6 is 0 Å². The molecule has 0 bridgehead atoms. The van der Waals surface area contributed by atoms with E-state index in [1.807, 2.05) is 31.2 Å². The maximum absolute atomic E-state index is 11.3. The average molecular weight is 250 g/mol. The lowest BCUT2D eigenvalue weighted by Crippen LogP contribution is -2.15. The minimum absolute atomic E-state index is 0.0347. The summed E-state index contributed by atoms with van der Waals surface area (Å²) in [6.45, 7) is 1.97. The van der Waals surface area contributed by atoms with Gasteiger partial charge >= 0.3 is 0 Å². The number of benzene rings is 1. The SMILES string of the molecule is Cc1cccc(C#C[C@@H]2CS(=O)(=O)C[C@H]2O)c1. The van der Waals surface area contributed by atoms with Crippen molar-refractivity contribution in [2.45, 2.75) is 13.0 Å². The molecule has 0 aliphatic carbocycles. The van der Waals surface area contributed by atoms with Gasteiger partial charge in [0.05, 0.1) is 23.5 Å². The topological polar surface area (TPSA) is 54.4 Å². The Morgan fingerprint density at radius 1 is 1.35 bits per heavy atom. The summed E-state index contributed by atoms with van der Waals surface area (Å²) in [6.07, 6.45) is -0.850. The van der Waals surface area contributed by atoms with Gasteiger partial charge in [0.2, 0.25) is 0 Å². The van der Waals surface area contributed by atoms with Crippen molar-refractivity contribution in [2.75, 3.05) is 11.5 Å². The number of aryl methyl sites for hydroxylation is 1. The van der Waals surface area contributed by atoms with Gasteiger partial charge in [0.15, 0.2) is 9.84 Å². The third-order valence-electron chi connectivity index (χ3n) is 2.74. The number of aliphatic hydroxyl groups excluding tert-OH is 1. The molecule has 1 aliphatic rings. The number of hydrogen-bond acceptors (Lipinski definition) is 3. The van der Waals surface area contributed by atoms with E-state index in [0.717, 1.165) is 11.1 Å². The molecular weight excluding hydrogens is 236 g/mol. The van der Waals surface area contributed by atoms with Gasteiger partial charge in [-0.15, -0.1) is 0 Å². The Hall–Kier alpha value is -1.31. The van der Waals surface area contributed by atoms with Crippen LogP contribution in [-0.2, 0) is 9.84 Å². The summed E-state index contributed by atoms with van der Waals surface area (Å²) in [4.78, 5) is 0. The summed E-state index contributed by atoms with van der Waals surface area (Å²) < 4.78 is 22.6. The van der Waals surface area contributed by atoms with E-state index >= 15 is 0 Å². The van der Waals surface area contributed by atoms with Crippen LogP contribution < -0.4 is 0 Å². The highest BCUT2D eigenvalue weighted by atomic mass is 32.2. The van der Waals surface area contributed by atoms with Gasteiger partial charge in [-0.05, 0) is 24.6 Å². The molecule has 0 radical (unpaired) electrons. The molecule has 1 N–H and O–H groups in total. The quantitative estimate of drug-likeness (QED) is 0.691. The lowest BCUT2D eigenvalue weighted by atomic mass is 10.1. The Morgan fingerprint density at radius 2 is 2.12 bits per heavy atom. The zero-order valence-corrected chi connectivity index (χ0v) is 10.4. The van der Waals surface area contributed by atoms with Crippen molar-refractivity contribution in [1.82, 2.24) is 0 Å². The summed E-state index contributed by atoms with van der Waals surface area (Å²) in [5, 5.41) is 9.58. The van der Waals surface area contributed by atoms with Crippen molar-refractivity contribution in [1.29, 1.82) is 0 Å². The molecule has 2 rings (SSSR count). The van der Waals surface area contributed by atoms with Gasteiger partial charge in [0, 0.05) is 5.56 Å². The van der Waals surface area contributed by atoms with Gasteiger partial charge in [-0.3, -0.25) is 0 Å². The molecule has 1 aromatic rings. The lowest BCUT2D eigenvalue weighted by molar-refractivity contribution is 0.174. The van der Waals surface area contributed by atoms with Crippen molar-refractivity contribution in [3.05, 3.63) is 35.4 Å². The molecular formula is C13H14O3S. The lowest BCUT2D eigenvalue weighted by Gasteiger charge is -2.02. The Bertz CT molecular complexity index is 578. The fraction of sp³-hybridized carbons (Fsp3) is 0.385. The van der Waals surface area contributed by atoms with E-state index < -0.39 is 21.9 Å². The number of hydrogen-bond donors (Lipinski definition) is 1. The molecule has 3 nitrogen and oxygen atoms in total. The highest BCUT2D eigenvalue weighted by molar-refractivity contribution is 7.91. The van der Waals surface area contributed by atoms with Crippen LogP contribution in [0, 0.1) is 24.7 Å². The Labute approximate surface area is 101 Å². The monoisotopic (exact) mass is 250 g/mol. The maximum Gasteiger partial charge on any atom is 0.154 e. The number of rotatable bonds is 0. The second-order valence-corrected chi connectivity index (χ2v) is 6.54. The largest absolute Gasteiger partial charge is 0.391 e. The zero-order valence-electron chi connectivity index (χ0n) is 9.55. The third-order valence-corrected chi connectivity index (χ3v) is 4.46. The van der Waals surface area contributed by atoms with Gasteiger partial charge in [-0.25, -0.2) is 8.42 Å². The van der Waals surface area contributed by atoms with E-state index in [2.05, 4.69) is 11.8 Å². The molecule has 17 heavy (non-hydrogen) atoms. The molecule has 0 saturated carbocycles. The smallest absolute Gasteiger partial charge is 0.154 e. The van der Waals surface area contributed by atoms with E-state index in [9.17, 15) is 13.5 Å². The second kappa shape index (κ2) is 4.52. The van der Waals surface area contributed by atoms with E-state index in [4.69, 9.17) is 0 Å². The van der Waals surface area contributed by atoms with Gasteiger partial charge in [-0.1, -0.05) is 24.0 Å². The maximum atomic E-state index is 11.3. The first-order valence-electron chi connectivity index (χ1n) is 5.43. The Balaban J connectivity index is 2.18. The van der Waals surface area contributed by atoms with Gasteiger partial charge in [0.25, 0.3) is 0 Å². The van der Waals surface area contributed by atoms with Gasteiger partial charge < -0.3 is 5.11 Å². The van der Waals surface area contributed by atoms with Crippen molar-refractivity contribution >= 4 is 9.84 Å². The molecule has 0 spiro atoms. The first kappa shape index (κ1) is 12.2. The van der Waals surface area contributed by atoms with Crippen LogP contribution in [0.3, 0.4) is 0 Å². The van der Waals surface area contributed by atoms with Gasteiger partial charge in [-0.2, -0.15) is 0 Å². The fourth-order valence-electron chi connectivity index (χ4n) is 1.87. The summed E-state index contributed by atoms with van der Waals surface area (Å²) in [7, 11) is -3.11. The molecule has 2 atom stereocenters. The van der Waals surface area contributed by atoms with Crippen LogP contribution in [-0.4, -0.2) is 31.1 Å². The minimum Gasteiger partial charge on any atom is -0.391 e. The van der Waals surface area contributed by atoms with Crippen molar-refractivity contribution in [3.8, 4) is 11.8 Å². The molecule has 0 aromatic heterocycles. The molecule has 90 valence electrons. The molecule has 1 aliphatic heterocycles. The fourth-order valence-corrected chi connectivity index (χ4v) is 3.61. The minimum atomic E-state index is -3.11. The van der Waals surface area contributed by atoms with Crippen LogP contribution in [0.2, 0.25) is 0 Å². The second-order valence-electron chi connectivity index (χ2n) is 4.39. The summed E-state index contributed by atoms with van der Waals surface area (Å²) in [6, 6.07) is 7.68. The molecule has 1 fully saturated rings. The molecule has 0 amide bonds. The first-order valence-corrected chi connectivity index (χ1v) is 7.25. The van der Waals surface area contributed by atoms with E-state index in [1.54, 1.807) is 0 Å². The summed E-state index contributed by atoms with van der Waals surface area (Å²) in [5.74, 6) is 5.11. The Kier molecular flexibility index (Phi) is 3.23. The predicted molar refractivity (Wildman–Crippen MR) is 66.2 cm³/mol. The van der Waals surface area contributed by atoms with E-state index in [1.165, 1.54) is 0 Å². The zero-order chi connectivity index (χ0) is 12.5. The average Bonchev–Trinajstić information content (AvgIpc) is 2.49. The number of sulfone groups is 1. The standard InChI is InChI=1S/C13H14O3S/c1-10-3-2-4-11(7-10)5-6-12-8-17(15,16)9-13(12)14/h2-4,7,12-14H,8-9H2,1H3/t12-,13-/m1/s1. The van der Waals surface area contributed by atoms with Crippen LogP contribution in [0.5, 0.6) is 0 Å². The summed E-state index contributed by atoms with van der Waals surface area (Å²) in [5.41, 5.74) is 1.96. The van der Waals surface area contributed by atoms with Crippen LogP contribution in [0.15, 0.2) is 24.3 Å². The van der Waals surface area contributed by atoms with E-state index in [0.29, 0.717) is 0 Å².